The lowest BCUT2D eigenvalue weighted by Crippen LogP contribution is -2.39. The lowest BCUT2D eigenvalue weighted by atomic mass is 9.86. The third-order valence-electron chi connectivity index (χ3n) is 6.31. The van der Waals surface area contributed by atoms with Crippen molar-refractivity contribution in [2.75, 3.05) is 19.6 Å². The minimum atomic E-state index is 0.165. The molecule has 1 aromatic heterocycles. The van der Waals surface area contributed by atoms with Crippen LogP contribution in [0.5, 0.6) is 0 Å². The average Bonchev–Trinajstić information content (AvgIpc) is 3.16. The van der Waals surface area contributed by atoms with E-state index in [1.165, 1.54) is 11.1 Å². The summed E-state index contributed by atoms with van der Waals surface area (Å²) in [5.74, 6) is 2.86. The summed E-state index contributed by atoms with van der Waals surface area (Å²) in [5, 5.41) is 12.1. The van der Waals surface area contributed by atoms with Crippen LogP contribution in [0.2, 0.25) is 0 Å². The number of hydrogen-bond acceptors (Lipinski definition) is 4. The molecule has 6 heteroatoms. The van der Waals surface area contributed by atoms with Crippen LogP contribution in [0.25, 0.3) is 0 Å². The molecule has 1 amide bonds. The van der Waals surface area contributed by atoms with Gasteiger partial charge in [-0.15, -0.1) is 10.2 Å². The molecule has 0 aliphatic carbocycles. The SMILES string of the molecule is CC(C)(C)c1ccc(CCC(=O)N2CCC(c3nnc4n3CCNC4)CC2)cc1. The number of benzene rings is 1. The van der Waals surface area contributed by atoms with Gasteiger partial charge in [-0.05, 0) is 35.8 Å². The van der Waals surface area contributed by atoms with Gasteiger partial charge in [-0.3, -0.25) is 4.79 Å². The highest BCUT2D eigenvalue weighted by Crippen LogP contribution is 2.28. The molecule has 1 N–H and O–H groups in total. The summed E-state index contributed by atoms with van der Waals surface area (Å²) < 4.78 is 2.28. The number of amides is 1. The Hall–Kier alpha value is -2.21. The van der Waals surface area contributed by atoms with Gasteiger partial charge in [-0.25, -0.2) is 0 Å². The second-order valence-corrected chi connectivity index (χ2v) is 9.40. The summed E-state index contributed by atoms with van der Waals surface area (Å²) in [5.41, 5.74) is 2.74. The van der Waals surface area contributed by atoms with E-state index in [0.29, 0.717) is 12.3 Å². The molecule has 29 heavy (non-hydrogen) atoms. The standard InChI is InChI=1S/C23H33N5O/c1-23(2,3)19-7-4-17(5-8-19)6-9-21(29)27-13-10-18(11-14-27)22-26-25-20-16-24-12-15-28(20)22/h4-5,7-8,18,24H,6,9-16H2,1-3H3. The van der Waals surface area contributed by atoms with Crippen molar-refractivity contribution in [2.45, 2.75) is 70.9 Å². The first-order valence-electron chi connectivity index (χ1n) is 10.9. The molecule has 0 radical (unpaired) electrons. The lowest BCUT2D eigenvalue weighted by molar-refractivity contribution is -0.132. The number of fused-ring (bicyclic) bond motifs is 1. The smallest absolute Gasteiger partial charge is 0.222 e. The number of carbonyl (C=O) groups excluding carboxylic acids is 1. The van der Waals surface area contributed by atoms with E-state index >= 15 is 0 Å². The van der Waals surface area contributed by atoms with Gasteiger partial charge < -0.3 is 14.8 Å². The van der Waals surface area contributed by atoms with E-state index < -0.39 is 0 Å². The predicted octanol–water partition coefficient (Wildman–Crippen LogP) is 3.02. The van der Waals surface area contributed by atoms with Crippen LogP contribution in [0.15, 0.2) is 24.3 Å². The van der Waals surface area contributed by atoms with Crippen molar-refractivity contribution in [3.8, 4) is 0 Å². The van der Waals surface area contributed by atoms with Crippen LogP contribution in [-0.4, -0.2) is 45.2 Å². The number of hydrogen-bond donors (Lipinski definition) is 1. The zero-order valence-corrected chi connectivity index (χ0v) is 17.9. The molecule has 6 nitrogen and oxygen atoms in total. The lowest BCUT2D eigenvalue weighted by Gasteiger charge is -2.32. The minimum Gasteiger partial charge on any atom is -0.343 e. The van der Waals surface area contributed by atoms with Gasteiger partial charge in [0, 0.05) is 38.5 Å². The molecule has 2 aromatic rings. The van der Waals surface area contributed by atoms with E-state index in [1.807, 2.05) is 4.90 Å². The van der Waals surface area contributed by atoms with E-state index in [2.05, 4.69) is 65.1 Å². The number of aryl methyl sites for hydroxylation is 1. The highest BCUT2D eigenvalue weighted by Gasteiger charge is 2.28. The molecule has 0 unspecified atom stereocenters. The quantitative estimate of drug-likeness (QED) is 0.864. The number of nitrogens with zero attached hydrogens (tertiary/aromatic N) is 4. The monoisotopic (exact) mass is 395 g/mol. The van der Waals surface area contributed by atoms with Gasteiger partial charge in [-0.1, -0.05) is 45.0 Å². The van der Waals surface area contributed by atoms with Crippen molar-refractivity contribution >= 4 is 5.91 Å². The maximum Gasteiger partial charge on any atom is 0.222 e. The van der Waals surface area contributed by atoms with Crippen LogP contribution in [0, 0.1) is 0 Å². The third kappa shape index (κ3) is 4.53. The first kappa shape index (κ1) is 20.1. The summed E-state index contributed by atoms with van der Waals surface area (Å²) in [7, 11) is 0. The minimum absolute atomic E-state index is 0.165. The Labute approximate surface area is 173 Å². The Morgan fingerprint density at radius 1 is 1.10 bits per heavy atom. The maximum atomic E-state index is 12.7. The fraction of sp³-hybridized carbons (Fsp3) is 0.609. The van der Waals surface area contributed by atoms with E-state index in [-0.39, 0.29) is 11.3 Å². The molecule has 1 aromatic carbocycles. The number of rotatable bonds is 4. The van der Waals surface area contributed by atoms with Crippen molar-refractivity contribution in [3.05, 3.63) is 47.0 Å². The first-order valence-corrected chi connectivity index (χ1v) is 10.9. The van der Waals surface area contributed by atoms with Crippen molar-refractivity contribution in [1.82, 2.24) is 25.0 Å². The van der Waals surface area contributed by atoms with Gasteiger partial charge in [0.2, 0.25) is 5.91 Å². The van der Waals surface area contributed by atoms with Gasteiger partial charge in [0.1, 0.15) is 11.6 Å². The first-order chi connectivity index (χ1) is 13.9. The van der Waals surface area contributed by atoms with Crippen molar-refractivity contribution in [1.29, 1.82) is 0 Å². The molecule has 2 aliphatic rings. The Morgan fingerprint density at radius 3 is 2.52 bits per heavy atom. The zero-order valence-electron chi connectivity index (χ0n) is 17.9. The van der Waals surface area contributed by atoms with Crippen LogP contribution >= 0.6 is 0 Å². The largest absolute Gasteiger partial charge is 0.343 e. The number of piperidine rings is 1. The molecule has 0 saturated carbocycles. The van der Waals surface area contributed by atoms with Crippen LogP contribution in [-0.2, 0) is 29.7 Å². The molecule has 0 atom stereocenters. The van der Waals surface area contributed by atoms with Gasteiger partial charge in [0.25, 0.3) is 0 Å². The molecule has 4 rings (SSSR count). The molecular weight excluding hydrogens is 362 g/mol. The van der Waals surface area contributed by atoms with Crippen LogP contribution < -0.4 is 5.32 Å². The summed E-state index contributed by atoms with van der Waals surface area (Å²) in [6.07, 6.45) is 3.37. The van der Waals surface area contributed by atoms with Gasteiger partial charge in [0.05, 0.1) is 6.54 Å². The second-order valence-electron chi connectivity index (χ2n) is 9.40. The molecule has 0 bridgehead atoms. The summed E-state index contributed by atoms with van der Waals surface area (Å²) in [4.78, 5) is 14.7. The second kappa shape index (κ2) is 8.27. The molecule has 0 spiro atoms. The van der Waals surface area contributed by atoms with Crippen molar-refractivity contribution in [2.24, 2.45) is 0 Å². The maximum absolute atomic E-state index is 12.7. The van der Waals surface area contributed by atoms with E-state index in [1.54, 1.807) is 0 Å². The Balaban J connectivity index is 1.28. The Morgan fingerprint density at radius 2 is 1.83 bits per heavy atom. The number of aromatic nitrogens is 3. The van der Waals surface area contributed by atoms with Gasteiger partial charge in [-0.2, -0.15) is 0 Å². The fourth-order valence-corrected chi connectivity index (χ4v) is 4.38. The average molecular weight is 396 g/mol. The predicted molar refractivity (Wildman–Crippen MR) is 114 cm³/mol. The molecule has 2 aliphatic heterocycles. The number of likely N-dealkylation sites (tertiary alicyclic amines) is 1. The third-order valence-corrected chi connectivity index (χ3v) is 6.31. The van der Waals surface area contributed by atoms with Crippen LogP contribution in [0.3, 0.4) is 0 Å². The zero-order chi connectivity index (χ0) is 20.4. The number of carbonyl (C=O) groups is 1. The van der Waals surface area contributed by atoms with E-state index in [0.717, 1.165) is 63.6 Å². The summed E-state index contributed by atoms with van der Waals surface area (Å²) in [6, 6.07) is 8.73. The summed E-state index contributed by atoms with van der Waals surface area (Å²) >= 11 is 0. The van der Waals surface area contributed by atoms with E-state index in [9.17, 15) is 4.79 Å². The van der Waals surface area contributed by atoms with Gasteiger partial charge >= 0.3 is 0 Å². The van der Waals surface area contributed by atoms with Crippen molar-refractivity contribution < 1.29 is 4.79 Å². The Kier molecular flexibility index (Phi) is 5.72. The van der Waals surface area contributed by atoms with Gasteiger partial charge in [0.15, 0.2) is 0 Å². The molecule has 156 valence electrons. The molecule has 3 heterocycles. The molecular formula is C23H33N5O. The topological polar surface area (TPSA) is 63.1 Å². The van der Waals surface area contributed by atoms with E-state index in [4.69, 9.17) is 0 Å². The highest BCUT2D eigenvalue weighted by molar-refractivity contribution is 5.76. The Bertz CT molecular complexity index is 841. The molecule has 1 saturated heterocycles. The highest BCUT2D eigenvalue weighted by atomic mass is 16.2. The normalized spacial score (nSPS) is 18.0. The fourth-order valence-electron chi connectivity index (χ4n) is 4.38. The number of nitrogens with one attached hydrogen (secondary N) is 1. The summed E-state index contributed by atoms with van der Waals surface area (Å²) in [6.45, 7) is 11.1. The van der Waals surface area contributed by atoms with Crippen molar-refractivity contribution in [3.63, 3.8) is 0 Å². The van der Waals surface area contributed by atoms with Crippen LogP contribution in [0.1, 0.15) is 68.7 Å². The molecule has 1 fully saturated rings. The van der Waals surface area contributed by atoms with Crippen LogP contribution in [0.4, 0.5) is 0 Å².